The van der Waals surface area contributed by atoms with Crippen molar-refractivity contribution in [3.8, 4) is 0 Å². The van der Waals surface area contributed by atoms with Crippen LogP contribution < -0.4 is 5.32 Å². The van der Waals surface area contributed by atoms with Crippen LogP contribution in [0, 0.1) is 5.92 Å². The number of hydrogen-bond acceptors (Lipinski definition) is 2. The first-order valence-electron chi connectivity index (χ1n) is 4.66. The molecular weight excluding hydrogens is 154 g/mol. The second kappa shape index (κ2) is 4.36. The van der Waals surface area contributed by atoms with Gasteiger partial charge in [0.15, 0.2) is 0 Å². The van der Waals surface area contributed by atoms with Crippen molar-refractivity contribution >= 4 is 11.8 Å². The van der Waals surface area contributed by atoms with Crippen molar-refractivity contribution < 1.29 is 0 Å². The first-order valence-corrected chi connectivity index (χ1v) is 5.61. The number of hydrogen-bond donors (Lipinski definition) is 1. The predicted molar refractivity (Wildman–Crippen MR) is 52.9 cm³/mol. The van der Waals surface area contributed by atoms with E-state index in [1.807, 2.05) is 0 Å². The molecule has 1 fully saturated rings. The highest BCUT2D eigenvalue weighted by atomic mass is 32.2. The van der Waals surface area contributed by atoms with Gasteiger partial charge in [-0.3, -0.25) is 0 Å². The lowest BCUT2D eigenvalue weighted by molar-refractivity contribution is 0.436. The summed E-state index contributed by atoms with van der Waals surface area (Å²) in [4.78, 5) is 0. The molecule has 0 aliphatic carbocycles. The van der Waals surface area contributed by atoms with Crippen molar-refractivity contribution in [1.82, 2.24) is 5.32 Å². The maximum atomic E-state index is 3.57. The molecule has 0 spiro atoms. The van der Waals surface area contributed by atoms with Crippen LogP contribution in [0.15, 0.2) is 0 Å². The topological polar surface area (TPSA) is 12.0 Å². The Hall–Kier alpha value is 0.310. The van der Waals surface area contributed by atoms with Gasteiger partial charge in [-0.2, -0.15) is 0 Å². The summed E-state index contributed by atoms with van der Waals surface area (Å²) in [6.45, 7) is 8.09. The zero-order chi connectivity index (χ0) is 8.27. The molecule has 0 aromatic carbocycles. The molecule has 1 saturated heterocycles. The largest absolute Gasteiger partial charge is 0.304 e. The van der Waals surface area contributed by atoms with Crippen molar-refractivity contribution in [2.75, 3.05) is 6.54 Å². The van der Waals surface area contributed by atoms with E-state index in [1.165, 1.54) is 19.4 Å². The molecule has 1 aliphatic rings. The minimum Gasteiger partial charge on any atom is -0.304 e. The van der Waals surface area contributed by atoms with Crippen LogP contribution in [-0.2, 0) is 0 Å². The Morgan fingerprint density at radius 2 is 2.09 bits per heavy atom. The van der Waals surface area contributed by atoms with Crippen LogP contribution >= 0.6 is 11.8 Å². The molecule has 1 N–H and O–H groups in total. The fourth-order valence-electron chi connectivity index (χ4n) is 1.62. The van der Waals surface area contributed by atoms with E-state index in [0.717, 1.165) is 16.5 Å². The van der Waals surface area contributed by atoms with Crippen LogP contribution in [0.3, 0.4) is 0 Å². The van der Waals surface area contributed by atoms with E-state index in [9.17, 15) is 0 Å². The highest BCUT2D eigenvalue weighted by molar-refractivity contribution is 8.00. The third kappa shape index (κ3) is 2.38. The van der Waals surface area contributed by atoms with Crippen LogP contribution in [0.5, 0.6) is 0 Å². The third-order valence-electron chi connectivity index (χ3n) is 2.46. The first kappa shape index (κ1) is 9.40. The average Bonchev–Trinajstić information content (AvgIpc) is 2.39. The minimum atomic E-state index is 0.736. The van der Waals surface area contributed by atoms with Gasteiger partial charge in [0.2, 0.25) is 0 Å². The lowest BCUT2D eigenvalue weighted by atomic mass is 10.0. The molecule has 2 unspecified atom stereocenters. The Labute approximate surface area is 74.3 Å². The number of rotatable bonds is 3. The lowest BCUT2D eigenvalue weighted by Gasteiger charge is -2.19. The van der Waals surface area contributed by atoms with Crippen LogP contribution in [-0.4, -0.2) is 17.2 Å². The standard InChI is InChI=1S/C9H19NS/c1-4-8(5-2)9-10-6-7(3)11-9/h7-10H,4-6H2,1-3H3. The zero-order valence-corrected chi connectivity index (χ0v) is 8.58. The summed E-state index contributed by atoms with van der Waals surface area (Å²) in [6, 6.07) is 0. The Morgan fingerprint density at radius 1 is 1.45 bits per heavy atom. The summed E-state index contributed by atoms with van der Waals surface area (Å²) in [6.07, 6.45) is 2.63. The normalized spacial score (nSPS) is 31.6. The highest BCUT2D eigenvalue weighted by Crippen LogP contribution is 2.30. The minimum absolute atomic E-state index is 0.736. The van der Waals surface area contributed by atoms with Crippen LogP contribution in [0.4, 0.5) is 0 Å². The molecule has 0 aromatic rings. The average molecular weight is 173 g/mol. The van der Waals surface area contributed by atoms with Crippen molar-refractivity contribution in [1.29, 1.82) is 0 Å². The van der Waals surface area contributed by atoms with E-state index in [2.05, 4.69) is 37.8 Å². The Bertz CT molecular complexity index is 112. The second-order valence-corrected chi connectivity index (χ2v) is 4.94. The van der Waals surface area contributed by atoms with Gasteiger partial charge in [-0.05, 0) is 5.92 Å². The van der Waals surface area contributed by atoms with Crippen molar-refractivity contribution in [3.05, 3.63) is 0 Å². The molecule has 1 nitrogen and oxygen atoms in total. The van der Waals surface area contributed by atoms with E-state index in [-0.39, 0.29) is 0 Å². The molecule has 11 heavy (non-hydrogen) atoms. The Kier molecular flexibility index (Phi) is 3.73. The summed E-state index contributed by atoms with van der Waals surface area (Å²) < 4.78 is 0. The van der Waals surface area contributed by atoms with Gasteiger partial charge in [-0.1, -0.05) is 33.6 Å². The van der Waals surface area contributed by atoms with Gasteiger partial charge in [-0.25, -0.2) is 0 Å². The Morgan fingerprint density at radius 3 is 2.45 bits per heavy atom. The lowest BCUT2D eigenvalue weighted by Crippen LogP contribution is -2.27. The van der Waals surface area contributed by atoms with Gasteiger partial charge in [-0.15, -0.1) is 11.8 Å². The van der Waals surface area contributed by atoms with Crippen LogP contribution in [0.25, 0.3) is 0 Å². The SMILES string of the molecule is CCC(CC)C1NCC(C)S1. The zero-order valence-electron chi connectivity index (χ0n) is 7.76. The molecule has 0 saturated carbocycles. The first-order chi connectivity index (χ1) is 5.27. The molecule has 2 atom stereocenters. The van der Waals surface area contributed by atoms with Gasteiger partial charge in [0, 0.05) is 11.8 Å². The fourth-order valence-corrected chi connectivity index (χ4v) is 3.12. The van der Waals surface area contributed by atoms with E-state index < -0.39 is 0 Å². The third-order valence-corrected chi connectivity index (χ3v) is 3.94. The fraction of sp³-hybridized carbons (Fsp3) is 1.00. The molecular formula is C9H19NS. The maximum Gasteiger partial charge on any atom is 0.0564 e. The Balaban J connectivity index is 2.34. The summed E-state index contributed by atoms with van der Waals surface area (Å²) in [5.74, 6) is 0.880. The summed E-state index contributed by atoms with van der Waals surface area (Å²) in [5.41, 5.74) is 0. The smallest absolute Gasteiger partial charge is 0.0564 e. The maximum absolute atomic E-state index is 3.57. The molecule has 0 bridgehead atoms. The molecule has 0 radical (unpaired) electrons. The molecule has 2 heteroatoms. The van der Waals surface area contributed by atoms with Crippen LogP contribution in [0.2, 0.25) is 0 Å². The van der Waals surface area contributed by atoms with E-state index in [0.29, 0.717) is 0 Å². The molecule has 1 aliphatic heterocycles. The van der Waals surface area contributed by atoms with Gasteiger partial charge < -0.3 is 5.32 Å². The van der Waals surface area contributed by atoms with Gasteiger partial charge in [0.05, 0.1) is 5.37 Å². The van der Waals surface area contributed by atoms with Crippen molar-refractivity contribution in [3.63, 3.8) is 0 Å². The molecule has 0 amide bonds. The predicted octanol–water partition coefficient (Wildman–Crippen LogP) is 2.47. The van der Waals surface area contributed by atoms with Crippen molar-refractivity contribution in [2.45, 2.75) is 44.2 Å². The molecule has 66 valence electrons. The monoisotopic (exact) mass is 173 g/mol. The quantitative estimate of drug-likeness (QED) is 0.703. The van der Waals surface area contributed by atoms with E-state index >= 15 is 0 Å². The van der Waals surface area contributed by atoms with Gasteiger partial charge in [0.25, 0.3) is 0 Å². The molecule has 0 aromatic heterocycles. The number of thioether (sulfide) groups is 1. The second-order valence-electron chi connectivity index (χ2n) is 3.35. The van der Waals surface area contributed by atoms with Gasteiger partial charge in [0.1, 0.15) is 0 Å². The number of nitrogens with one attached hydrogen (secondary N) is 1. The summed E-state index contributed by atoms with van der Waals surface area (Å²) in [7, 11) is 0. The molecule has 1 heterocycles. The van der Waals surface area contributed by atoms with Crippen molar-refractivity contribution in [2.24, 2.45) is 5.92 Å². The van der Waals surface area contributed by atoms with Gasteiger partial charge >= 0.3 is 0 Å². The van der Waals surface area contributed by atoms with Crippen LogP contribution in [0.1, 0.15) is 33.6 Å². The summed E-state index contributed by atoms with van der Waals surface area (Å²) >= 11 is 2.11. The summed E-state index contributed by atoms with van der Waals surface area (Å²) in [5, 5.41) is 5.13. The van der Waals surface area contributed by atoms with E-state index in [4.69, 9.17) is 0 Å². The van der Waals surface area contributed by atoms with E-state index in [1.54, 1.807) is 0 Å². The molecule has 1 rings (SSSR count). The highest BCUT2D eigenvalue weighted by Gasteiger charge is 2.26.